The van der Waals surface area contributed by atoms with Crippen molar-refractivity contribution in [3.05, 3.63) is 101 Å². The highest BCUT2D eigenvalue weighted by Gasteiger charge is 2.51. The summed E-state index contributed by atoms with van der Waals surface area (Å²) in [5, 5.41) is 16.0. The number of carbonyl (C=O) groups is 1. The molecule has 5 aliphatic rings. The van der Waals surface area contributed by atoms with E-state index in [1.807, 2.05) is 54.6 Å². The van der Waals surface area contributed by atoms with Crippen LogP contribution in [0, 0.1) is 17.8 Å². The zero-order chi connectivity index (χ0) is 30.1. The summed E-state index contributed by atoms with van der Waals surface area (Å²) in [6.45, 7) is 1.63. The third-order valence-electron chi connectivity index (χ3n) is 10.3. The molecule has 2 amide bonds. The molecule has 8 rings (SSSR count). The molecule has 0 spiro atoms. The minimum atomic E-state index is -0.531. The number of nitrogens with one attached hydrogen (secondary N) is 2. The van der Waals surface area contributed by atoms with Gasteiger partial charge in [-0.2, -0.15) is 0 Å². The average molecular weight is 596 g/mol. The van der Waals surface area contributed by atoms with Crippen LogP contribution in [0.2, 0.25) is 0 Å². The largest absolute Gasteiger partial charge is 0.392 e. The number of anilines is 1. The van der Waals surface area contributed by atoms with Crippen molar-refractivity contribution in [3.63, 3.8) is 0 Å². The van der Waals surface area contributed by atoms with Gasteiger partial charge < -0.3 is 25.2 Å². The molecule has 3 aromatic carbocycles. The van der Waals surface area contributed by atoms with Crippen molar-refractivity contribution in [3.8, 4) is 0 Å². The molecule has 7 heteroatoms. The maximum atomic E-state index is 13.1. The van der Waals surface area contributed by atoms with Crippen LogP contribution in [0.15, 0.2) is 78.9 Å². The Kier molecular flexibility index (Phi) is 8.47. The van der Waals surface area contributed by atoms with E-state index in [-0.39, 0.29) is 30.4 Å². The fourth-order valence-electron chi connectivity index (χ4n) is 8.73. The van der Waals surface area contributed by atoms with E-state index >= 15 is 0 Å². The Balaban J connectivity index is 1.02. The molecule has 0 radical (unpaired) electrons. The van der Waals surface area contributed by atoms with E-state index in [0.717, 1.165) is 78.9 Å². The lowest BCUT2D eigenvalue weighted by Crippen LogP contribution is -2.60. The van der Waals surface area contributed by atoms with E-state index in [4.69, 9.17) is 9.47 Å². The van der Waals surface area contributed by atoms with Gasteiger partial charge in [0.05, 0.1) is 18.8 Å². The highest BCUT2D eigenvalue weighted by molar-refractivity contribution is 5.89. The molecule has 4 saturated carbocycles. The first kappa shape index (κ1) is 29.5. The molecule has 7 nitrogen and oxygen atoms in total. The molecule has 4 bridgehead atoms. The fourth-order valence-corrected chi connectivity index (χ4v) is 8.73. The number of benzene rings is 3. The molecular weight excluding hydrogens is 550 g/mol. The summed E-state index contributed by atoms with van der Waals surface area (Å²) >= 11 is 0. The van der Waals surface area contributed by atoms with Crippen molar-refractivity contribution in [1.82, 2.24) is 10.2 Å². The molecule has 3 N–H and O–H groups in total. The monoisotopic (exact) mass is 595 g/mol. The van der Waals surface area contributed by atoms with Crippen LogP contribution in [0.1, 0.15) is 79.6 Å². The van der Waals surface area contributed by atoms with Gasteiger partial charge >= 0.3 is 6.03 Å². The van der Waals surface area contributed by atoms with Gasteiger partial charge in [-0.3, -0.25) is 4.90 Å². The third kappa shape index (κ3) is 6.71. The van der Waals surface area contributed by atoms with E-state index in [9.17, 15) is 9.90 Å². The molecule has 1 saturated heterocycles. The lowest BCUT2D eigenvalue weighted by molar-refractivity contribution is -0.252. The second-order valence-corrected chi connectivity index (χ2v) is 13.9. The number of rotatable bonds is 9. The van der Waals surface area contributed by atoms with Crippen LogP contribution in [-0.4, -0.2) is 41.3 Å². The summed E-state index contributed by atoms with van der Waals surface area (Å²) in [5.41, 5.74) is 4.89. The standard InChI is InChI=1S/C37H45N3O4/c1-40(22-25-5-3-2-4-6-25)23-33-18-34(30-9-7-26(24-41)8-10-30)44-35(43-33)31-11-13-32(14-12-31)38-36(42)39-37-19-27-15-28(20-37)17-29(16-27)21-37/h2-14,27-29,33-35,41H,15-24H2,1H3,(H2,38,39,42)/t27?,28?,29?,33-,34+,35+,37?/m1/s1. The predicted molar refractivity (Wildman–Crippen MR) is 171 cm³/mol. The number of aliphatic hydroxyl groups excluding tert-OH is 1. The van der Waals surface area contributed by atoms with Gasteiger partial charge in [0.2, 0.25) is 0 Å². The van der Waals surface area contributed by atoms with E-state index in [0.29, 0.717) is 0 Å². The highest BCUT2D eigenvalue weighted by Crippen LogP contribution is 2.55. The van der Waals surface area contributed by atoms with Crippen LogP contribution in [0.3, 0.4) is 0 Å². The van der Waals surface area contributed by atoms with Crippen LogP contribution in [-0.2, 0) is 22.6 Å². The van der Waals surface area contributed by atoms with E-state index < -0.39 is 6.29 Å². The average Bonchev–Trinajstić information content (AvgIpc) is 3.01. The van der Waals surface area contributed by atoms with E-state index in [2.05, 4.69) is 46.8 Å². The Morgan fingerprint density at radius 2 is 1.45 bits per heavy atom. The van der Waals surface area contributed by atoms with Crippen molar-refractivity contribution in [2.24, 2.45) is 17.8 Å². The lowest BCUT2D eigenvalue weighted by Gasteiger charge is -2.56. The molecule has 44 heavy (non-hydrogen) atoms. The van der Waals surface area contributed by atoms with Crippen molar-refractivity contribution in [1.29, 1.82) is 0 Å². The topological polar surface area (TPSA) is 83.1 Å². The molecule has 1 aliphatic heterocycles. The Bertz CT molecular complexity index is 1380. The lowest BCUT2D eigenvalue weighted by atomic mass is 9.53. The van der Waals surface area contributed by atoms with Crippen LogP contribution in [0.4, 0.5) is 10.5 Å². The Morgan fingerprint density at radius 3 is 2.09 bits per heavy atom. The summed E-state index contributed by atoms with van der Waals surface area (Å²) in [7, 11) is 2.13. The zero-order valence-electron chi connectivity index (χ0n) is 25.7. The first-order valence-electron chi connectivity index (χ1n) is 16.3. The van der Waals surface area contributed by atoms with Crippen LogP contribution < -0.4 is 10.6 Å². The summed E-state index contributed by atoms with van der Waals surface area (Å²) < 4.78 is 13.1. The normalized spacial score (nSPS) is 30.8. The van der Waals surface area contributed by atoms with Crippen molar-refractivity contribution in [2.45, 2.75) is 82.1 Å². The Labute approximate surface area is 260 Å². The van der Waals surface area contributed by atoms with Crippen LogP contribution in [0.5, 0.6) is 0 Å². The van der Waals surface area contributed by atoms with Crippen molar-refractivity contribution >= 4 is 11.7 Å². The van der Waals surface area contributed by atoms with E-state index in [1.165, 1.54) is 24.8 Å². The predicted octanol–water partition coefficient (Wildman–Crippen LogP) is 6.95. The summed E-state index contributed by atoms with van der Waals surface area (Å²) in [6, 6.07) is 26.2. The summed E-state index contributed by atoms with van der Waals surface area (Å²) in [6.07, 6.45) is 7.49. The third-order valence-corrected chi connectivity index (χ3v) is 10.3. The molecule has 3 atom stereocenters. The van der Waals surface area contributed by atoms with E-state index in [1.54, 1.807) is 0 Å². The molecule has 232 valence electrons. The van der Waals surface area contributed by atoms with Crippen molar-refractivity contribution < 1.29 is 19.4 Å². The molecular formula is C37H45N3O4. The Morgan fingerprint density at radius 1 is 0.818 bits per heavy atom. The second-order valence-electron chi connectivity index (χ2n) is 13.9. The molecule has 4 aliphatic carbocycles. The first-order valence-corrected chi connectivity index (χ1v) is 16.3. The van der Waals surface area contributed by atoms with Crippen LogP contribution >= 0.6 is 0 Å². The fraction of sp³-hybridized carbons (Fsp3) is 0.486. The number of urea groups is 1. The summed E-state index contributed by atoms with van der Waals surface area (Å²) in [4.78, 5) is 15.4. The number of hydrogen-bond donors (Lipinski definition) is 3. The van der Waals surface area contributed by atoms with Crippen LogP contribution in [0.25, 0.3) is 0 Å². The van der Waals surface area contributed by atoms with Gasteiger partial charge in [0.1, 0.15) is 0 Å². The molecule has 0 unspecified atom stereocenters. The Hall–Kier alpha value is -3.23. The number of likely N-dealkylation sites (N-methyl/N-ethyl adjacent to an activating group) is 1. The zero-order valence-corrected chi connectivity index (χ0v) is 25.7. The smallest absolute Gasteiger partial charge is 0.319 e. The van der Waals surface area contributed by atoms with Gasteiger partial charge in [-0.15, -0.1) is 0 Å². The number of ether oxygens (including phenoxy) is 2. The van der Waals surface area contributed by atoms with Gasteiger partial charge in [0.15, 0.2) is 6.29 Å². The number of aliphatic hydroxyl groups is 1. The quantitative estimate of drug-likeness (QED) is 0.250. The molecule has 5 fully saturated rings. The minimum absolute atomic E-state index is 0.0182. The number of hydrogen-bond acceptors (Lipinski definition) is 5. The SMILES string of the molecule is CN(Cc1ccccc1)C[C@H]1C[C@@H](c2ccc(CO)cc2)O[C@@H](c2ccc(NC(=O)NC34CC5CC(CC(C5)C3)C4)cc2)O1. The molecule has 0 aromatic heterocycles. The number of amides is 2. The van der Waals surface area contributed by atoms with Gasteiger partial charge in [0, 0.05) is 36.3 Å². The van der Waals surface area contributed by atoms with Gasteiger partial charge in [0.25, 0.3) is 0 Å². The van der Waals surface area contributed by atoms with Gasteiger partial charge in [-0.1, -0.05) is 66.7 Å². The minimum Gasteiger partial charge on any atom is -0.392 e. The molecule has 3 aromatic rings. The number of carbonyl (C=O) groups excluding carboxylic acids is 1. The second kappa shape index (κ2) is 12.6. The van der Waals surface area contributed by atoms with Gasteiger partial charge in [-0.05, 0) is 92.1 Å². The maximum Gasteiger partial charge on any atom is 0.319 e. The molecule has 1 heterocycles. The van der Waals surface area contributed by atoms with Gasteiger partial charge in [-0.25, -0.2) is 4.79 Å². The highest BCUT2D eigenvalue weighted by atomic mass is 16.7. The van der Waals surface area contributed by atoms with Crippen molar-refractivity contribution in [2.75, 3.05) is 18.9 Å². The number of nitrogens with zero attached hydrogens (tertiary/aromatic N) is 1. The first-order chi connectivity index (χ1) is 21.4. The maximum absolute atomic E-state index is 13.1. The summed E-state index contributed by atoms with van der Waals surface area (Å²) in [5.74, 6) is 2.36.